The number of halogens is 1. The Balaban J connectivity index is 1.44. The highest BCUT2D eigenvalue weighted by atomic mass is 32.2. The largest absolute Gasteiger partial charge is 0.343 e. The summed E-state index contributed by atoms with van der Waals surface area (Å²) in [4.78, 5) is 18.4. The van der Waals surface area contributed by atoms with Gasteiger partial charge in [-0.2, -0.15) is 15.5 Å². The topological polar surface area (TPSA) is 92.1 Å². The van der Waals surface area contributed by atoms with Gasteiger partial charge in [-0.05, 0) is 43.9 Å². The van der Waals surface area contributed by atoms with Crippen LogP contribution in [-0.2, 0) is 4.79 Å². The normalized spacial score (nSPS) is 17.9. The number of carbonyl (C=O) groups excluding carboxylic acids is 1. The predicted octanol–water partition coefficient (Wildman–Crippen LogP) is 4.72. The van der Waals surface area contributed by atoms with Gasteiger partial charge in [0.15, 0.2) is 5.82 Å². The van der Waals surface area contributed by atoms with Gasteiger partial charge in [-0.1, -0.05) is 11.8 Å². The minimum atomic E-state index is -0.419. The van der Waals surface area contributed by atoms with Crippen molar-refractivity contribution in [3.63, 3.8) is 0 Å². The molecule has 0 saturated heterocycles. The molecule has 0 spiro atoms. The first-order valence-corrected chi connectivity index (χ1v) is 12.2. The Labute approximate surface area is 206 Å². The molecule has 0 bridgehead atoms. The average molecular weight is 490 g/mol. The maximum absolute atomic E-state index is 14.3. The van der Waals surface area contributed by atoms with E-state index < -0.39 is 5.82 Å². The summed E-state index contributed by atoms with van der Waals surface area (Å²) in [6, 6.07) is 7.56. The average Bonchev–Trinajstić information content (AvgIpc) is 3.52. The molecule has 0 aromatic carbocycles. The summed E-state index contributed by atoms with van der Waals surface area (Å²) in [6.45, 7) is 1.61. The van der Waals surface area contributed by atoms with Crippen molar-refractivity contribution in [1.82, 2.24) is 29.3 Å². The smallest absolute Gasteiger partial charge is 0.219 e. The van der Waals surface area contributed by atoms with Crippen LogP contribution in [0.3, 0.4) is 0 Å². The molecule has 4 aromatic rings. The summed E-state index contributed by atoms with van der Waals surface area (Å²) in [5.74, 6) is -0.319. The van der Waals surface area contributed by atoms with Crippen molar-refractivity contribution in [2.45, 2.75) is 54.6 Å². The molecule has 1 fully saturated rings. The number of hydrogen-bond acceptors (Lipinski definition) is 6. The van der Waals surface area contributed by atoms with Crippen molar-refractivity contribution in [1.29, 1.82) is 5.26 Å². The Hall–Kier alpha value is -3.71. The van der Waals surface area contributed by atoms with E-state index in [1.54, 1.807) is 23.7 Å². The molecule has 0 unspecified atom stereocenters. The lowest BCUT2D eigenvalue weighted by atomic mass is 9.90. The highest BCUT2D eigenvalue weighted by Crippen LogP contribution is 2.36. The molecule has 0 aliphatic heterocycles. The van der Waals surface area contributed by atoms with Crippen molar-refractivity contribution in [3.8, 4) is 17.2 Å². The van der Waals surface area contributed by atoms with E-state index in [4.69, 9.17) is 0 Å². The number of nitriles is 1. The van der Waals surface area contributed by atoms with E-state index in [9.17, 15) is 14.4 Å². The van der Waals surface area contributed by atoms with E-state index in [1.807, 2.05) is 41.3 Å². The van der Waals surface area contributed by atoms with Crippen LogP contribution in [0.15, 0.2) is 59.1 Å². The number of fused-ring (bicyclic) bond motifs is 1. The minimum absolute atomic E-state index is 0.0997. The molecule has 178 valence electrons. The fourth-order valence-electron chi connectivity index (χ4n) is 4.61. The number of rotatable bonds is 5. The maximum atomic E-state index is 14.3. The summed E-state index contributed by atoms with van der Waals surface area (Å²) in [7, 11) is 1.87. The van der Waals surface area contributed by atoms with E-state index in [0.29, 0.717) is 16.0 Å². The van der Waals surface area contributed by atoms with Crippen molar-refractivity contribution in [2.24, 2.45) is 0 Å². The van der Waals surface area contributed by atoms with Crippen LogP contribution in [0.2, 0.25) is 0 Å². The number of aromatic nitrogens is 5. The second-order valence-electron chi connectivity index (χ2n) is 8.75. The number of nitrogens with zero attached hydrogens (tertiary/aromatic N) is 7. The van der Waals surface area contributed by atoms with Crippen LogP contribution in [0.1, 0.15) is 44.2 Å². The molecule has 0 N–H and O–H groups in total. The first-order valence-electron chi connectivity index (χ1n) is 11.4. The van der Waals surface area contributed by atoms with Crippen molar-refractivity contribution >= 4 is 23.2 Å². The highest BCUT2D eigenvalue weighted by molar-refractivity contribution is 7.99. The molecular weight excluding hydrogens is 465 g/mol. The molecule has 4 heterocycles. The van der Waals surface area contributed by atoms with E-state index in [2.05, 4.69) is 21.3 Å². The molecule has 0 atom stereocenters. The molecule has 10 heteroatoms. The highest BCUT2D eigenvalue weighted by Gasteiger charge is 2.26. The monoisotopic (exact) mass is 489 g/mol. The van der Waals surface area contributed by atoms with Crippen LogP contribution in [0.25, 0.3) is 16.6 Å². The SMILES string of the molecule is CC(=O)N(C)C1CCC(n2cc(-c3cc(Sc4ncccc4F)c4c(C#N)cnn4c3)cn2)CC1. The Kier molecular flexibility index (Phi) is 6.26. The van der Waals surface area contributed by atoms with Gasteiger partial charge in [0, 0.05) is 54.6 Å². The maximum Gasteiger partial charge on any atom is 0.219 e. The van der Waals surface area contributed by atoms with Gasteiger partial charge < -0.3 is 4.90 Å². The zero-order valence-electron chi connectivity index (χ0n) is 19.4. The van der Waals surface area contributed by atoms with Crippen molar-refractivity contribution in [3.05, 3.63) is 60.6 Å². The second kappa shape index (κ2) is 9.50. The van der Waals surface area contributed by atoms with Gasteiger partial charge in [-0.25, -0.2) is 13.9 Å². The Morgan fingerprint density at radius 2 is 2.00 bits per heavy atom. The van der Waals surface area contributed by atoms with Crippen LogP contribution in [-0.4, -0.2) is 48.3 Å². The van der Waals surface area contributed by atoms with Crippen LogP contribution in [0.5, 0.6) is 0 Å². The van der Waals surface area contributed by atoms with Crippen molar-refractivity contribution < 1.29 is 9.18 Å². The molecule has 1 amide bonds. The molecule has 1 saturated carbocycles. The van der Waals surface area contributed by atoms with Crippen molar-refractivity contribution in [2.75, 3.05) is 7.05 Å². The lowest BCUT2D eigenvalue weighted by Gasteiger charge is -2.34. The zero-order chi connectivity index (χ0) is 24.5. The third kappa shape index (κ3) is 4.51. The van der Waals surface area contributed by atoms with Crippen LogP contribution in [0.4, 0.5) is 4.39 Å². The summed E-state index contributed by atoms with van der Waals surface area (Å²) in [5, 5.41) is 18.8. The van der Waals surface area contributed by atoms with Gasteiger partial charge in [0.05, 0.1) is 29.5 Å². The van der Waals surface area contributed by atoms with Gasteiger partial charge in [-0.15, -0.1) is 0 Å². The number of hydrogen-bond donors (Lipinski definition) is 0. The molecule has 35 heavy (non-hydrogen) atoms. The van der Waals surface area contributed by atoms with Gasteiger partial charge >= 0.3 is 0 Å². The van der Waals surface area contributed by atoms with Gasteiger partial charge in [0.2, 0.25) is 5.91 Å². The lowest BCUT2D eigenvalue weighted by Crippen LogP contribution is -2.38. The third-order valence-electron chi connectivity index (χ3n) is 6.65. The van der Waals surface area contributed by atoms with Gasteiger partial charge in [-0.3, -0.25) is 9.48 Å². The third-order valence-corrected chi connectivity index (χ3v) is 7.67. The van der Waals surface area contributed by atoms with E-state index in [1.165, 1.54) is 24.0 Å². The summed E-state index contributed by atoms with van der Waals surface area (Å²) >= 11 is 1.17. The second-order valence-corrected chi connectivity index (χ2v) is 9.78. The van der Waals surface area contributed by atoms with Crippen LogP contribution < -0.4 is 0 Å². The number of carbonyl (C=O) groups is 1. The molecular formula is C25H24FN7OS. The summed E-state index contributed by atoms with van der Waals surface area (Å²) in [5.41, 5.74) is 2.80. The first-order chi connectivity index (χ1) is 16.9. The molecule has 1 aliphatic carbocycles. The van der Waals surface area contributed by atoms with Gasteiger partial charge in [0.1, 0.15) is 11.1 Å². The summed E-state index contributed by atoms with van der Waals surface area (Å²) < 4.78 is 18.0. The molecule has 8 nitrogen and oxygen atoms in total. The first kappa shape index (κ1) is 23.1. The molecule has 1 aliphatic rings. The molecule has 5 rings (SSSR count). The molecule has 4 aromatic heterocycles. The van der Waals surface area contributed by atoms with E-state index in [-0.39, 0.29) is 23.0 Å². The number of pyridine rings is 2. The van der Waals surface area contributed by atoms with Crippen LogP contribution in [0, 0.1) is 17.1 Å². The Bertz CT molecular complexity index is 1430. The Morgan fingerprint density at radius 3 is 2.71 bits per heavy atom. The minimum Gasteiger partial charge on any atom is -0.343 e. The zero-order valence-corrected chi connectivity index (χ0v) is 20.2. The van der Waals surface area contributed by atoms with Gasteiger partial charge in [0.25, 0.3) is 0 Å². The molecule has 0 radical (unpaired) electrons. The van der Waals surface area contributed by atoms with E-state index in [0.717, 1.165) is 36.8 Å². The standard InChI is InChI=1S/C25H24FN7OS/c1-16(34)31(2)20-5-7-21(8-6-20)32-15-19(13-29-32)17-10-23(35-25-22(26)4-3-9-28-25)24-18(11-27)12-30-33(24)14-17/h3-4,9-10,12-15,20-21H,5-8H2,1-2H3. The Morgan fingerprint density at radius 1 is 1.20 bits per heavy atom. The summed E-state index contributed by atoms with van der Waals surface area (Å²) in [6.07, 6.45) is 12.5. The fraction of sp³-hybridized carbons (Fsp3) is 0.320. The number of amides is 1. The fourth-order valence-corrected chi connectivity index (χ4v) is 5.58. The predicted molar refractivity (Wildman–Crippen MR) is 129 cm³/mol. The lowest BCUT2D eigenvalue weighted by molar-refractivity contribution is -0.130. The quantitative estimate of drug-likeness (QED) is 0.403. The van der Waals surface area contributed by atoms with Crippen LogP contribution >= 0.6 is 11.8 Å². The van der Waals surface area contributed by atoms with E-state index >= 15 is 0 Å².